The molecular weight excluding hydrogens is 144 g/mol. The van der Waals surface area contributed by atoms with Crippen LogP contribution in [0.2, 0.25) is 0 Å². The first-order valence-corrected chi connectivity index (χ1v) is 3.59. The topological polar surface area (TPSA) is 42.0 Å². The number of allylic oxidation sites excluding steroid dienone is 3. The third-order valence-corrected chi connectivity index (χ3v) is 1.25. The van der Waals surface area contributed by atoms with Crippen LogP contribution >= 0.6 is 0 Å². The molecule has 0 amide bonds. The molecule has 0 spiro atoms. The van der Waals surface area contributed by atoms with Gasteiger partial charge in [0.25, 0.3) is 5.95 Å². The zero-order valence-electron chi connectivity index (χ0n) is 6.49. The maximum atomic E-state index is 8.99. The second-order valence-corrected chi connectivity index (χ2v) is 2.30. The summed E-state index contributed by atoms with van der Waals surface area (Å²) in [4.78, 5) is 0. The van der Waals surface area contributed by atoms with Crippen LogP contribution in [-0.2, 0) is 9.47 Å². The van der Waals surface area contributed by atoms with Gasteiger partial charge >= 0.3 is 0 Å². The number of ether oxygens (including phenoxy) is 2. The fourth-order valence-electron chi connectivity index (χ4n) is 0.569. The molecule has 1 aliphatic rings. The molecule has 62 valence electrons. The van der Waals surface area contributed by atoms with Crippen LogP contribution < -0.4 is 0 Å². The lowest BCUT2D eigenvalue weighted by Crippen LogP contribution is -2.00. The van der Waals surface area contributed by atoms with Crippen molar-refractivity contribution in [1.82, 2.24) is 0 Å². The van der Waals surface area contributed by atoms with Gasteiger partial charge in [0, 0.05) is 6.08 Å². The van der Waals surface area contributed by atoms with Gasteiger partial charge in [-0.25, -0.2) is 0 Å². The molecule has 1 heterocycles. The normalized spacial score (nSPS) is 24.1. The number of aliphatic hydroxyl groups excluding tert-OH is 1. The van der Waals surface area contributed by atoms with Gasteiger partial charge < -0.3 is 14.6 Å². The summed E-state index contributed by atoms with van der Waals surface area (Å²) in [6.07, 6.45) is 5.22. The summed E-state index contributed by atoms with van der Waals surface area (Å²) >= 11 is 0. The van der Waals surface area contributed by atoms with Crippen LogP contribution in [0.4, 0.5) is 0 Å². The van der Waals surface area contributed by atoms with E-state index in [4.69, 9.17) is 14.6 Å². The number of hydrogen-bond donors (Lipinski definition) is 1. The Morgan fingerprint density at radius 1 is 1.82 bits per heavy atom. The van der Waals surface area contributed by atoms with Crippen LogP contribution in [-0.4, -0.2) is 24.4 Å². The second kappa shape index (κ2) is 4.03. The highest BCUT2D eigenvalue weighted by Gasteiger charge is 2.23. The number of aliphatic hydroxyl groups is 1. The molecule has 3 nitrogen and oxygen atoms in total. The summed E-state index contributed by atoms with van der Waals surface area (Å²) in [5.41, 5.74) is 0. The molecule has 11 heavy (non-hydrogen) atoms. The molecule has 1 saturated heterocycles. The van der Waals surface area contributed by atoms with Crippen molar-refractivity contribution in [2.45, 2.75) is 13.0 Å². The molecule has 1 fully saturated rings. The van der Waals surface area contributed by atoms with E-state index in [1.54, 1.807) is 6.08 Å². The summed E-state index contributed by atoms with van der Waals surface area (Å²) in [6.45, 7) is 3.06. The van der Waals surface area contributed by atoms with E-state index in [0.717, 1.165) is 6.61 Å². The molecule has 1 N–H and O–H groups in total. The van der Waals surface area contributed by atoms with E-state index in [1.165, 1.54) is 6.08 Å². The Labute approximate surface area is 65.9 Å². The van der Waals surface area contributed by atoms with Gasteiger partial charge in [-0.05, 0) is 6.92 Å². The maximum Gasteiger partial charge on any atom is 0.276 e. The van der Waals surface area contributed by atoms with Crippen molar-refractivity contribution < 1.29 is 14.6 Å². The van der Waals surface area contributed by atoms with Crippen LogP contribution in [0.3, 0.4) is 0 Å². The van der Waals surface area contributed by atoms with Crippen molar-refractivity contribution in [2.75, 3.05) is 13.2 Å². The van der Waals surface area contributed by atoms with Gasteiger partial charge in [0.05, 0.1) is 6.61 Å². The molecule has 0 aromatic rings. The predicted molar refractivity (Wildman–Crippen MR) is 41.2 cm³/mol. The first-order chi connectivity index (χ1) is 5.33. The van der Waals surface area contributed by atoms with Crippen molar-refractivity contribution >= 4 is 0 Å². The maximum absolute atomic E-state index is 8.99. The quantitative estimate of drug-likeness (QED) is 0.380. The van der Waals surface area contributed by atoms with E-state index in [-0.39, 0.29) is 12.0 Å². The van der Waals surface area contributed by atoms with Crippen LogP contribution in [0, 0.1) is 0 Å². The minimum absolute atomic E-state index is 0.0569. The molecule has 0 aromatic heterocycles. The lowest BCUT2D eigenvalue weighted by atomic mass is 10.5. The van der Waals surface area contributed by atoms with Gasteiger partial charge in [-0.15, -0.1) is 0 Å². The van der Waals surface area contributed by atoms with Crippen molar-refractivity contribution in [1.29, 1.82) is 0 Å². The highest BCUT2D eigenvalue weighted by atomic mass is 16.6. The highest BCUT2D eigenvalue weighted by Crippen LogP contribution is 2.09. The predicted octanol–water partition coefficient (Wildman–Crippen LogP) is 1.38. The SMILES string of the molecule is CC=CC=C(O)OCC1CO1. The molecule has 1 atom stereocenters. The molecule has 0 bridgehead atoms. The second-order valence-electron chi connectivity index (χ2n) is 2.30. The molecule has 0 radical (unpaired) electrons. The minimum atomic E-state index is -0.0569. The summed E-state index contributed by atoms with van der Waals surface area (Å²) in [5, 5.41) is 8.99. The molecule has 3 heteroatoms. The molecule has 0 aromatic carbocycles. The average molecular weight is 156 g/mol. The number of epoxide rings is 1. The lowest BCUT2D eigenvalue weighted by molar-refractivity contribution is 0.0823. The standard InChI is InChI=1S/C8H12O3/c1-2-3-4-8(9)11-6-7-5-10-7/h2-4,7,9H,5-6H2,1H3. The van der Waals surface area contributed by atoms with Crippen LogP contribution in [0.1, 0.15) is 6.92 Å². The first kappa shape index (κ1) is 8.14. The zero-order chi connectivity index (χ0) is 8.10. The molecule has 0 aliphatic carbocycles. The number of rotatable bonds is 4. The summed E-state index contributed by atoms with van der Waals surface area (Å²) in [7, 11) is 0. The van der Waals surface area contributed by atoms with E-state index in [2.05, 4.69) is 0 Å². The average Bonchev–Trinajstić information content (AvgIpc) is 2.80. The van der Waals surface area contributed by atoms with Crippen molar-refractivity contribution in [3.63, 3.8) is 0 Å². The van der Waals surface area contributed by atoms with Gasteiger partial charge in [-0.3, -0.25) is 0 Å². The Morgan fingerprint density at radius 2 is 2.55 bits per heavy atom. The molecule has 0 saturated carbocycles. The van der Waals surface area contributed by atoms with Gasteiger partial charge in [0.2, 0.25) is 0 Å². The Hall–Kier alpha value is -0.960. The molecular formula is C8H12O3. The minimum Gasteiger partial charge on any atom is -0.481 e. The Kier molecular flexibility index (Phi) is 2.98. The summed E-state index contributed by atoms with van der Waals surface area (Å²) in [6, 6.07) is 0. The van der Waals surface area contributed by atoms with E-state index >= 15 is 0 Å². The fraction of sp³-hybridized carbons (Fsp3) is 0.500. The number of hydrogen-bond acceptors (Lipinski definition) is 3. The fourth-order valence-corrected chi connectivity index (χ4v) is 0.569. The van der Waals surface area contributed by atoms with E-state index < -0.39 is 0 Å². The van der Waals surface area contributed by atoms with Crippen molar-refractivity contribution in [2.24, 2.45) is 0 Å². The lowest BCUT2D eigenvalue weighted by Gasteiger charge is -1.99. The van der Waals surface area contributed by atoms with E-state index in [9.17, 15) is 0 Å². The first-order valence-electron chi connectivity index (χ1n) is 3.59. The monoisotopic (exact) mass is 156 g/mol. The summed E-state index contributed by atoms with van der Waals surface area (Å²) in [5.74, 6) is -0.0569. The molecule has 1 rings (SSSR count). The molecule has 1 aliphatic heterocycles. The Balaban J connectivity index is 2.12. The van der Waals surface area contributed by atoms with E-state index in [1.807, 2.05) is 13.0 Å². The largest absolute Gasteiger partial charge is 0.481 e. The smallest absolute Gasteiger partial charge is 0.276 e. The zero-order valence-corrected chi connectivity index (χ0v) is 6.49. The van der Waals surface area contributed by atoms with Gasteiger partial charge in [-0.1, -0.05) is 12.2 Å². The summed E-state index contributed by atoms with van der Waals surface area (Å²) < 4.78 is 9.79. The van der Waals surface area contributed by atoms with Crippen molar-refractivity contribution in [3.8, 4) is 0 Å². The van der Waals surface area contributed by atoms with Crippen LogP contribution in [0.25, 0.3) is 0 Å². The van der Waals surface area contributed by atoms with Gasteiger partial charge in [-0.2, -0.15) is 0 Å². The molecule has 1 unspecified atom stereocenters. The van der Waals surface area contributed by atoms with Gasteiger partial charge in [0.1, 0.15) is 12.7 Å². The Morgan fingerprint density at radius 3 is 3.09 bits per heavy atom. The third kappa shape index (κ3) is 3.68. The van der Waals surface area contributed by atoms with E-state index in [0.29, 0.717) is 6.61 Å². The van der Waals surface area contributed by atoms with Gasteiger partial charge in [0.15, 0.2) is 0 Å². The van der Waals surface area contributed by atoms with Crippen LogP contribution in [0.5, 0.6) is 0 Å². The van der Waals surface area contributed by atoms with Crippen LogP contribution in [0.15, 0.2) is 24.2 Å². The van der Waals surface area contributed by atoms with Crippen molar-refractivity contribution in [3.05, 3.63) is 24.2 Å². The Bertz CT molecular complexity index is 168. The third-order valence-electron chi connectivity index (χ3n) is 1.25. The highest BCUT2D eigenvalue weighted by molar-refractivity contribution is 5.01.